The summed E-state index contributed by atoms with van der Waals surface area (Å²) in [6.07, 6.45) is 3.39. The van der Waals surface area contributed by atoms with Gasteiger partial charge >= 0.3 is 0 Å². The van der Waals surface area contributed by atoms with E-state index in [0.29, 0.717) is 35.9 Å². The number of phenolic OH excluding ortho intramolecular Hbond substituents is 1. The summed E-state index contributed by atoms with van der Waals surface area (Å²) < 4.78 is 6.78. The molecule has 1 aromatic rings. The van der Waals surface area contributed by atoms with Crippen LogP contribution in [-0.4, -0.2) is 58.4 Å². The number of hydrogen-bond acceptors (Lipinski definition) is 4. The second-order valence-corrected chi connectivity index (χ2v) is 8.44. The minimum absolute atomic E-state index is 0.0757. The van der Waals surface area contributed by atoms with Crippen LogP contribution in [0.5, 0.6) is 11.5 Å². The number of rotatable bonds is 2. The van der Waals surface area contributed by atoms with Crippen LogP contribution in [0.15, 0.2) is 24.8 Å². The van der Waals surface area contributed by atoms with E-state index in [9.17, 15) is 15.0 Å². The number of Topliss-reactive ketones (excluding diaryl/α,β-unsaturated/α-hetero) is 1. The van der Waals surface area contributed by atoms with Crippen LogP contribution in [0.4, 0.5) is 0 Å². The average Bonchev–Trinajstić information content (AvgIpc) is 2.91. The first-order valence-electron chi connectivity index (χ1n) is 9.09. The lowest BCUT2D eigenvalue weighted by Gasteiger charge is -2.64. The van der Waals surface area contributed by atoms with Crippen LogP contribution in [0.1, 0.15) is 30.4 Å². The van der Waals surface area contributed by atoms with Crippen LogP contribution in [0.2, 0.25) is 0 Å². The molecule has 1 spiro atoms. The maximum Gasteiger partial charge on any atom is 0.174 e. The van der Waals surface area contributed by atoms with E-state index in [4.69, 9.17) is 4.74 Å². The minimum Gasteiger partial charge on any atom is -0.508 e. The van der Waals surface area contributed by atoms with Crippen LogP contribution < -0.4 is 4.74 Å². The first kappa shape index (κ1) is 15.4. The lowest BCUT2D eigenvalue weighted by Crippen LogP contribution is -2.80. The van der Waals surface area contributed by atoms with Crippen molar-refractivity contribution in [1.82, 2.24) is 0 Å². The molecular formula is C20H24NO4+. The third-order valence-corrected chi connectivity index (χ3v) is 7.47. The maximum atomic E-state index is 12.7. The zero-order valence-electron chi connectivity index (χ0n) is 14.5. The fraction of sp³-hybridized carbons (Fsp3) is 0.550. The Morgan fingerprint density at radius 2 is 2.24 bits per heavy atom. The number of hydrogen-bond donors (Lipinski definition) is 2. The Bertz CT molecular complexity index is 820. The predicted molar refractivity (Wildman–Crippen MR) is 91.6 cm³/mol. The molecule has 5 heteroatoms. The highest BCUT2D eigenvalue weighted by Crippen LogP contribution is 2.65. The van der Waals surface area contributed by atoms with E-state index in [1.807, 2.05) is 6.08 Å². The lowest BCUT2D eigenvalue weighted by molar-refractivity contribution is -0.944. The summed E-state index contributed by atoms with van der Waals surface area (Å²) in [4.78, 5) is 12.7. The fourth-order valence-electron chi connectivity index (χ4n) is 6.36. The summed E-state index contributed by atoms with van der Waals surface area (Å²) in [5, 5.41) is 22.6. The molecule has 0 radical (unpaired) electrons. The van der Waals surface area contributed by atoms with Gasteiger partial charge in [-0.3, -0.25) is 4.79 Å². The summed E-state index contributed by atoms with van der Waals surface area (Å²) in [6, 6.07) is 3.33. The molecule has 1 unspecified atom stereocenters. The Hall–Kier alpha value is -1.85. The van der Waals surface area contributed by atoms with E-state index in [2.05, 4.69) is 13.6 Å². The number of likely N-dealkylation sites (tertiary alicyclic amines) is 1. The molecule has 0 aromatic heterocycles. The van der Waals surface area contributed by atoms with Gasteiger partial charge in [0.05, 0.1) is 25.6 Å². The van der Waals surface area contributed by atoms with Gasteiger partial charge in [-0.1, -0.05) is 6.58 Å². The van der Waals surface area contributed by atoms with Crippen molar-refractivity contribution in [2.24, 2.45) is 0 Å². The lowest BCUT2D eigenvalue weighted by atomic mass is 9.48. The van der Waals surface area contributed by atoms with Gasteiger partial charge in [0.25, 0.3) is 0 Å². The van der Waals surface area contributed by atoms with Gasteiger partial charge in [-0.2, -0.15) is 0 Å². The number of ketones is 1. The van der Waals surface area contributed by atoms with E-state index in [1.54, 1.807) is 12.1 Å². The average molecular weight is 342 g/mol. The van der Waals surface area contributed by atoms with Gasteiger partial charge in [0, 0.05) is 30.4 Å². The Morgan fingerprint density at radius 1 is 1.44 bits per heavy atom. The summed E-state index contributed by atoms with van der Waals surface area (Å²) in [5.74, 6) is 0.996. The Balaban J connectivity index is 1.83. The van der Waals surface area contributed by atoms with Crippen molar-refractivity contribution in [3.63, 3.8) is 0 Å². The molecule has 5 nitrogen and oxygen atoms in total. The summed E-state index contributed by atoms with van der Waals surface area (Å²) >= 11 is 0. The molecule has 0 amide bonds. The Morgan fingerprint density at radius 3 is 3.00 bits per heavy atom. The first-order chi connectivity index (χ1) is 11.9. The molecule has 5 atom stereocenters. The third-order valence-electron chi connectivity index (χ3n) is 7.47. The van der Waals surface area contributed by atoms with Crippen molar-refractivity contribution in [3.05, 3.63) is 35.9 Å². The second kappa shape index (κ2) is 4.46. The molecule has 25 heavy (non-hydrogen) atoms. The number of aromatic hydroxyl groups is 1. The SMILES string of the molecule is C=CC[N@+]1(C)CC[C@]23c4c5ccc(O)c4C[C@H]1[C@]2(O)CCC(=O)C3O5. The molecule has 132 valence electrons. The summed E-state index contributed by atoms with van der Waals surface area (Å²) in [7, 11) is 2.16. The zero-order valence-corrected chi connectivity index (χ0v) is 14.5. The van der Waals surface area contributed by atoms with E-state index in [0.717, 1.165) is 24.2 Å². The number of likely N-dealkylation sites (N-methyl/N-ethyl adjacent to an activating group) is 1. The summed E-state index contributed by atoms with van der Waals surface area (Å²) in [5.41, 5.74) is 0.0490. The highest BCUT2D eigenvalue weighted by molar-refractivity contribution is 5.89. The zero-order chi connectivity index (χ0) is 17.6. The van der Waals surface area contributed by atoms with E-state index >= 15 is 0 Å². The third kappa shape index (κ3) is 1.51. The van der Waals surface area contributed by atoms with Crippen molar-refractivity contribution in [2.75, 3.05) is 20.1 Å². The number of piperidine rings is 1. The van der Waals surface area contributed by atoms with Crippen molar-refractivity contribution < 1.29 is 24.2 Å². The van der Waals surface area contributed by atoms with Gasteiger partial charge in [-0.05, 0) is 24.6 Å². The smallest absolute Gasteiger partial charge is 0.174 e. The second-order valence-electron chi connectivity index (χ2n) is 8.44. The molecule has 2 bridgehead atoms. The van der Waals surface area contributed by atoms with Gasteiger partial charge in [-0.25, -0.2) is 0 Å². The molecule has 4 aliphatic rings. The normalized spacial score (nSPS) is 43.4. The van der Waals surface area contributed by atoms with E-state index in [-0.39, 0.29) is 17.6 Å². The first-order valence-corrected chi connectivity index (χ1v) is 9.09. The molecule has 1 aromatic carbocycles. The molecule has 1 saturated carbocycles. The number of nitrogens with zero attached hydrogens (tertiary/aromatic N) is 1. The number of quaternary nitrogens is 1. The summed E-state index contributed by atoms with van der Waals surface area (Å²) in [6.45, 7) is 5.53. The highest BCUT2D eigenvalue weighted by atomic mass is 16.5. The standard InChI is InChI=1S/C20H23NO4/c1-3-9-21(2)10-8-19-17-12-11-16(21)20(19,24)7-6-14(23)18(19)25-15(17)5-4-13(12)22/h3-5,16,18,24H,1,6-11H2,2H3/p+1/t16-,18?,19+,20+,21+/m0/s1. The fourth-order valence-corrected chi connectivity index (χ4v) is 6.36. The van der Waals surface area contributed by atoms with Crippen LogP contribution in [0.3, 0.4) is 0 Å². The molecule has 2 aliphatic heterocycles. The molecular weight excluding hydrogens is 318 g/mol. The quantitative estimate of drug-likeness (QED) is 0.631. The monoisotopic (exact) mass is 342 g/mol. The number of ether oxygens (including phenoxy) is 1. The molecule has 2 heterocycles. The molecule has 2 fully saturated rings. The topological polar surface area (TPSA) is 66.8 Å². The van der Waals surface area contributed by atoms with E-state index in [1.165, 1.54) is 0 Å². The van der Waals surface area contributed by atoms with Gasteiger partial charge in [0.1, 0.15) is 23.1 Å². The number of carbonyl (C=O) groups is 1. The van der Waals surface area contributed by atoms with Crippen molar-refractivity contribution in [3.8, 4) is 11.5 Å². The largest absolute Gasteiger partial charge is 0.508 e. The van der Waals surface area contributed by atoms with Crippen molar-refractivity contribution in [1.29, 1.82) is 0 Å². The van der Waals surface area contributed by atoms with Crippen LogP contribution in [0.25, 0.3) is 0 Å². The number of benzene rings is 1. The maximum absolute atomic E-state index is 12.7. The Labute approximate surface area is 147 Å². The van der Waals surface area contributed by atoms with Crippen LogP contribution in [0, 0.1) is 0 Å². The predicted octanol–water partition coefficient (Wildman–Crippen LogP) is 1.45. The molecule has 2 aliphatic carbocycles. The van der Waals surface area contributed by atoms with Crippen LogP contribution >= 0.6 is 0 Å². The van der Waals surface area contributed by atoms with Crippen LogP contribution in [-0.2, 0) is 16.6 Å². The van der Waals surface area contributed by atoms with Gasteiger partial charge in [0.15, 0.2) is 11.9 Å². The van der Waals surface area contributed by atoms with Gasteiger partial charge in [-0.15, -0.1) is 0 Å². The minimum atomic E-state index is -0.992. The number of carbonyl (C=O) groups excluding carboxylic acids is 1. The number of phenols is 1. The van der Waals surface area contributed by atoms with Crippen molar-refractivity contribution in [2.45, 2.75) is 48.8 Å². The molecule has 5 rings (SSSR count). The Kier molecular flexibility index (Phi) is 2.75. The van der Waals surface area contributed by atoms with E-state index < -0.39 is 17.1 Å². The van der Waals surface area contributed by atoms with Gasteiger partial charge in [0.2, 0.25) is 0 Å². The van der Waals surface area contributed by atoms with Gasteiger partial charge < -0.3 is 19.4 Å². The molecule has 1 saturated heterocycles. The molecule has 2 N–H and O–H groups in total. The van der Waals surface area contributed by atoms with Crippen molar-refractivity contribution >= 4 is 5.78 Å². The highest BCUT2D eigenvalue weighted by Gasteiger charge is 2.76. The number of aliphatic hydroxyl groups is 1.